The van der Waals surface area contributed by atoms with Crippen LogP contribution < -0.4 is 11.1 Å². The lowest BCUT2D eigenvalue weighted by atomic mass is 9.81. The molecule has 0 aromatic carbocycles. The fraction of sp³-hybridized carbons (Fsp3) is 0.923. The summed E-state index contributed by atoms with van der Waals surface area (Å²) in [5, 5.41) is 2.74. The first kappa shape index (κ1) is 18.7. The van der Waals surface area contributed by atoms with Gasteiger partial charge < -0.3 is 11.1 Å². The Labute approximate surface area is 132 Å². The summed E-state index contributed by atoms with van der Waals surface area (Å²) < 4.78 is 25.9. The van der Waals surface area contributed by atoms with Gasteiger partial charge in [-0.15, -0.1) is 0 Å². The number of carbonyl (C=O) groups excluding carboxylic acids is 1. The van der Waals surface area contributed by atoms with Gasteiger partial charge in [0, 0.05) is 37.7 Å². The van der Waals surface area contributed by atoms with Crippen LogP contribution in [0.5, 0.6) is 0 Å². The molecule has 0 aromatic heterocycles. The molecule has 0 unspecified atom stereocenters. The standard InChI is InChI=1S/C13H27N3O3S2/c1-3-13(4-2,11-14)12(17)15-5-10-21(18,19)16-6-8-20-9-7-16/h3-11,14H2,1-2H3,(H,15,17). The Morgan fingerprint density at radius 1 is 1.29 bits per heavy atom. The van der Waals surface area contributed by atoms with E-state index in [1.165, 1.54) is 4.31 Å². The lowest BCUT2D eigenvalue weighted by Gasteiger charge is -2.29. The first-order valence-corrected chi connectivity index (χ1v) is 10.2. The molecule has 1 aliphatic heterocycles. The summed E-state index contributed by atoms with van der Waals surface area (Å²) in [6.45, 7) is 5.42. The van der Waals surface area contributed by atoms with E-state index in [-0.39, 0.29) is 24.7 Å². The maximum Gasteiger partial charge on any atom is 0.227 e. The third-order valence-electron chi connectivity index (χ3n) is 4.23. The summed E-state index contributed by atoms with van der Waals surface area (Å²) in [6, 6.07) is 0. The number of hydrogen-bond acceptors (Lipinski definition) is 5. The molecule has 0 aliphatic carbocycles. The summed E-state index contributed by atoms with van der Waals surface area (Å²) in [5.74, 6) is 1.50. The minimum absolute atomic E-state index is 0.0442. The van der Waals surface area contributed by atoms with Gasteiger partial charge in [-0.25, -0.2) is 12.7 Å². The second-order valence-corrected chi connectivity index (χ2v) is 8.59. The second kappa shape index (κ2) is 8.36. The average Bonchev–Trinajstić information content (AvgIpc) is 2.50. The maximum atomic E-state index is 12.2. The molecule has 1 heterocycles. The lowest BCUT2D eigenvalue weighted by molar-refractivity contribution is -0.130. The van der Waals surface area contributed by atoms with Crippen LogP contribution in [0, 0.1) is 5.41 Å². The number of amides is 1. The normalized spacial score (nSPS) is 17.7. The maximum absolute atomic E-state index is 12.2. The van der Waals surface area contributed by atoms with Crippen molar-refractivity contribution in [1.82, 2.24) is 9.62 Å². The van der Waals surface area contributed by atoms with Crippen molar-refractivity contribution in [2.24, 2.45) is 11.1 Å². The predicted octanol–water partition coefficient (Wildman–Crippen LogP) is 0.246. The Kier molecular flexibility index (Phi) is 7.46. The van der Waals surface area contributed by atoms with E-state index in [0.717, 1.165) is 11.5 Å². The number of hydrogen-bond donors (Lipinski definition) is 2. The van der Waals surface area contributed by atoms with Crippen LogP contribution in [-0.4, -0.2) is 62.1 Å². The second-order valence-electron chi connectivity index (χ2n) is 5.27. The van der Waals surface area contributed by atoms with Gasteiger partial charge in [-0.05, 0) is 12.8 Å². The van der Waals surface area contributed by atoms with E-state index in [0.29, 0.717) is 25.9 Å². The molecule has 0 bridgehead atoms. The molecule has 8 heteroatoms. The molecule has 0 saturated carbocycles. The van der Waals surface area contributed by atoms with Crippen molar-refractivity contribution in [3.8, 4) is 0 Å². The Morgan fingerprint density at radius 3 is 2.33 bits per heavy atom. The highest BCUT2D eigenvalue weighted by Gasteiger charge is 2.33. The molecule has 1 fully saturated rings. The summed E-state index contributed by atoms with van der Waals surface area (Å²) in [7, 11) is -3.27. The summed E-state index contributed by atoms with van der Waals surface area (Å²) in [5.41, 5.74) is 5.14. The van der Waals surface area contributed by atoms with E-state index < -0.39 is 15.4 Å². The van der Waals surface area contributed by atoms with E-state index >= 15 is 0 Å². The predicted molar refractivity (Wildman–Crippen MR) is 87.8 cm³/mol. The van der Waals surface area contributed by atoms with Crippen LogP contribution in [0.1, 0.15) is 26.7 Å². The van der Waals surface area contributed by atoms with Gasteiger partial charge in [0.05, 0.1) is 11.2 Å². The number of thioether (sulfide) groups is 1. The molecule has 6 nitrogen and oxygen atoms in total. The minimum Gasteiger partial charge on any atom is -0.355 e. The van der Waals surface area contributed by atoms with Crippen LogP contribution in [0.15, 0.2) is 0 Å². The monoisotopic (exact) mass is 337 g/mol. The zero-order chi connectivity index (χ0) is 15.9. The number of carbonyl (C=O) groups is 1. The number of nitrogens with one attached hydrogen (secondary N) is 1. The molecule has 1 aliphatic rings. The molecule has 124 valence electrons. The van der Waals surface area contributed by atoms with E-state index in [4.69, 9.17) is 5.73 Å². The molecule has 3 N–H and O–H groups in total. The molecular weight excluding hydrogens is 310 g/mol. The summed E-state index contributed by atoms with van der Waals surface area (Å²) in [4.78, 5) is 12.2. The van der Waals surface area contributed by atoms with Crippen molar-refractivity contribution in [2.75, 3.05) is 43.4 Å². The molecule has 21 heavy (non-hydrogen) atoms. The molecule has 1 saturated heterocycles. The molecule has 1 amide bonds. The highest BCUT2D eigenvalue weighted by molar-refractivity contribution is 7.99. The molecule has 0 spiro atoms. The van der Waals surface area contributed by atoms with Gasteiger partial charge in [0.1, 0.15) is 0 Å². The third kappa shape index (κ3) is 4.84. The smallest absolute Gasteiger partial charge is 0.227 e. The molecule has 0 radical (unpaired) electrons. The van der Waals surface area contributed by atoms with E-state index in [1.54, 1.807) is 11.8 Å². The van der Waals surface area contributed by atoms with Crippen molar-refractivity contribution in [3.63, 3.8) is 0 Å². The van der Waals surface area contributed by atoms with Crippen molar-refractivity contribution < 1.29 is 13.2 Å². The average molecular weight is 338 g/mol. The van der Waals surface area contributed by atoms with E-state index in [9.17, 15) is 13.2 Å². The van der Waals surface area contributed by atoms with Crippen molar-refractivity contribution in [1.29, 1.82) is 0 Å². The van der Waals surface area contributed by atoms with Crippen LogP contribution in [0.2, 0.25) is 0 Å². The topological polar surface area (TPSA) is 92.5 Å². The van der Waals surface area contributed by atoms with Crippen LogP contribution >= 0.6 is 11.8 Å². The van der Waals surface area contributed by atoms with E-state index in [1.807, 2.05) is 13.8 Å². The Balaban J connectivity index is 2.50. The van der Waals surface area contributed by atoms with Crippen LogP contribution in [0.3, 0.4) is 0 Å². The van der Waals surface area contributed by atoms with E-state index in [2.05, 4.69) is 5.32 Å². The van der Waals surface area contributed by atoms with Gasteiger partial charge in [0.2, 0.25) is 15.9 Å². The zero-order valence-electron chi connectivity index (χ0n) is 12.9. The lowest BCUT2D eigenvalue weighted by Crippen LogP contribution is -2.47. The molecular formula is C13H27N3O3S2. The number of nitrogens with zero attached hydrogens (tertiary/aromatic N) is 1. The fourth-order valence-corrected chi connectivity index (χ4v) is 4.88. The SMILES string of the molecule is CCC(CC)(CN)C(=O)NCCS(=O)(=O)N1CCSCC1. The van der Waals surface area contributed by atoms with Gasteiger partial charge in [-0.1, -0.05) is 13.8 Å². The number of rotatable bonds is 8. The van der Waals surface area contributed by atoms with Crippen molar-refractivity contribution in [2.45, 2.75) is 26.7 Å². The van der Waals surface area contributed by atoms with Crippen LogP contribution in [0.25, 0.3) is 0 Å². The van der Waals surface area contributed by atoms with Gasteiger partial charge in [0.25, 0.3) is 0 Å². The zero-order valence-corrected chi connectivity index (χ0v) is 14.6. The molecule has 0 atom stereocenters. The van der Waals surface area contributed by atoms with Gasteiger partial charge in [-0.2, -0.15) is 11.8 Å². The van der Waals surface area contributed by atoms with Gasteiger partial charge in [0.15, 0.2) is 0 Å². The van der Waals surface area contributed by atoms with Crippen LogP contribution in [0.4, 0.5) is 0 Å². The Morgan fingerprint density at radius 2 is 1.86 bits per heavy atom. The highest BCUT2D eigenvalue weighted by Crippen LogP contribution is 2.24. The third-order valence-corrected chi connectivity index (χ3v) is 7.05. The van der Waals surface area contributed by atoms with Crippen molar-refractivity contribution >= 4 is 27.7 Å². The molecule has 0 aromatic rings. The quantitative estimate of drug-likeness (QED) is 0.662. The Hall–Kier alpha value is -0.310. The first-order valence-electron chi connectivity index (χ1n) is 7.46. The van der Waals surface area contributed by atoms with Gasteiger partial charge >= 0.3 is 0 Å². The van der Waals surface area contributed by atoms with Crippen molar-refractivity contribution in [3.05, 3.63) is 0 Å². The van der Waals surface area contributed by atoms with Gasteiger partial charge in [-0.3, -0.25) is 4.79 Å². The number of sulfonamides is 1. The minimum atomic E-state index is -3.27. The summed E-state index contributed by atoms with van der Waals surface area (Å²) >= 11 is 1.77. The largest absolute Gasteiger partial charge is 0.355 e. The highest BCUT2D eigenvalue weighted by atomic mass is 32.2. The fourth-order valence-electron chi connectivity index (χ4n) is 2.39. The molecule has 1 rings (SSSR count). The Bertz CT molecular complexity index is 422. The number of nitrogens with two attached hydrogens (primary N) is 1. The summed E-state index contributed by atoms with van der Waals surface area (Å²) in [6.07, 6.45) is 1.31. The van der Waals surface area contributed by atoms with Crippen LogP contribution in [-0.2, 0) is 14.8 Å². The first-order chi connectivity index (χ1) is 9.91.